The van der Waals surface area contributed by atoms with Gasteiger partial charge in [0, 0.05) is 35.7 Å². The average molecular weight is 267 g/mol. The summed E-state index contributed by atoms with van der Waals surface area (Å²) in [6, 6.07) is 10.4. The molecule has 2 aromatic rings. The number of aromatic nitrogens is 2. The molecule has 20 heavy (non-hydrogen) atoms. The molecule has 104 valence electrons. The van der Waals surface area contributed by atoms with E-state index in [0.29, 0.717) is 5.92 Å². The Morgan fingerprint density at radius 3 is 2.90 bits per heavy atom. The highest BCUT2D eigenvalue weighted by Gasteiger charge is 2.26. The highest BCUT2D eigenvalue weighted by atomic mass is 14.7. The molecule has 0 saturated heterocycles. The van der Waals surface area contributed by atoms with E-state index in [9.17, 15) is 0 Å². The van der Waals surface area contributed by atoms with Crippen molar-refractivity contribution in [1.82, 2.24) is 9.97 Å². The zero-order chi connectivity index (χ0) is 13.8. The van der Waals surface area contributed by atoms with Crippen molar-refractivity contribution in [2.45, 2.75) is 44.1 Å². The molecule has 1 aliphatic rings. The maximum atomic E-state index is 6.44. The number of nitrogens with zero attached hydrogens (tertiary/aromatic N) is 2. The van der Waals surface area contributed by atoms with Crippen LogP contribution < -0.4 is 5.73 Å². The maximum Gasteiger partial charge on any atom is 0.0481 e. The highest BCUT2D eigenvalue weighted by Crippen LogP contribution is 2.32. The first-order valence-corrected chi connectivity index (χ1v) is 7.44. The van der Waals surface area contributed by atoms with E-state index < -0.39 is 0 Å². The number of rotatable bonds is 4. The zero-order valence-electron chi connectivity index (χ0n) is 11.7. The van der Waals surface area contributed by atoms with Crippen molar-refractivity contribution in [1.29, 1.82) is 0 Å². The Kier molecular flexibility index (Phi) is 4.07. The number of aryl methyl sites for hydroxylation is 2. The fraction of sp³-hybridized carbons (Fsp3) is 0.412. The van der Waals surface area contributed by atoms with E-state index in [1.165, 1.54) is 17.7 Å². The van der Waals surface area contributed by atoms with Crippen molar-refractivity contribution < 1.29 is 0 Å². The third-order valence-corrected chi connectivity index (χ3v) is 4.22. The van der Waals surface area contributed by atoms with Crippen LogP contribution in [-0.4, -0.2) is 16.0 Å². The smallest absolute Gasteiger partial charge is 0.0481 e. The summed E-state index contributed by atoms with van der Waals surface area (Å²) >= 11 is 0. The van der Waals surface area contributed by atoms with Crippen LogP contribution >= 0.6 is 0 Å². The fourth-order valence-corrected chi connectivity index (χ4v) is 3.12. The van der Waals surface area contributed by atoms with Crippen molar-refractivity contribution in [3.63, 3.8) is 0 Å². The van der Waals surface area contributed by atoms with Gasteiger partial charge in [-0.15, -0.1) is 0 Å². The van der Waals surface area contributed by atoms with E-state index in [-0.39, 0.29) is 6.04 Å². The topological polar surface area (TPSA) is 51.8 Å². The molecule has 2 N–H and O–H groups in total. The predicted molar refractivity (Wildman–Crippen MR) is 80.4 cm³/mol. The Morgan fingerprint density at radius 1 is 1.15 bits per heavy atom. The number of pyridine rings is 2. The van der Waals surface area contributed by atoms with Crippen LogP contribution in [0.15, 0.2) is 42.7 Å². The maximum absolute atomic E-state index is 6.44. The Balaban J connectivity index is 1.67. The molecule has 0 amide bonds. The van der Waals surface area contributed by atoms with Gasteiger partial charge in [0.15, 0.2) is 0 Å². The normalized spacial score (nSPS) is 19.4. The van der Waals surface area contributed by atoms with Crippen molar-refractivity contribution in [3.05, 3.63) is 59.7 Å². The summed E-state index contributed by atoms with van der Waals surface area (Å²) in [6.45, 7) is 0. The molecule has 1 aliphatic carbocycles. The summed E-state index contributed by atoms with van der Waals surface area (Å²) < 4.78 is 0. The number of hydrogen-bond acceptors (Lipinski definition) is 3. The summed E-state index contributed by atoms with van der Waals surface area (Å²) in [5, 5.41) is 0. The molecule has 0 bridgehead atoms. The lowest BCUT2D eigenvalue weighted by molar-refractivity contribution is 0.431. The van der Waals surface area contributed by atoms with E-state index in [1.807, 2.05) is 30.6 Å². The van der Waals surface area contributed by atoms with Gasteiger partial charge in [-0.2, -0.15) is 0 Å². The van der Waals surface area contributed by atoms with Gasteiger partial charge in [-0.05, 0) is 55.9 Å². The van der Waals surface area contributed by atoms with Crippen molar-refractivity contribution >= 4 is 0 Å². The lowest BCUT2D eigenvalue weighted by Gasteiger charge is -2.29. The number of nitrogens with two attached hydrogens (primary N) is 1. The van der Waals surface area contributed by atoms with Gasteiger partial charge in [0.2, 0.25) is 0 Å². The van der Waals surface area contributed by atoms with Gasteiger partial charge in [0.1, 0.15) is 0 Å². The predicted octanol–water partition coefficient (Wildman–Crippen LogP) is 2.86. The van der Waals surface area contributed by atoms with Crippen LogP contribution in [0.1, 0.15) is 42.1 Å². The second-order valence-corrected chi connectivity index (χ2v) is 5.57. The van der Waals surface area contributed by atoms with Gasteiger partial charge in [-0.25, -0.2) is 0 Å². The minimum atomic E-state index is 0.172. The molecule has 2 heterocycles. The van der Waals surface area contributed by atoms with Gasteiger partial charge in [-0.3, -0.25) is 9.97 Å². The van der Waals surface area contributed by atoms with Gasteiger partial charge in [-0.1, -0.05) is 12.1 Å². The molecule has 0 fully saturated rings. The minimum Gasteiger partial charge on any atom is -0.327 e. The van der Waals surface area contributed by atoms with Crippen LogP contribution in [0.4, 0.5) is 0 Å². The van der Waals surface area contributed by atoms with Crippen LogP contribution in [0.5, 0.6) is 0 Å². The first-order valence-electron chi connectivity index (χ1n) is 7.44. The number of fused-ring (bicyclic) bond motifs is 1. The second kappa shape index (κ2) is 6.14. The molecule has 0 spiro atoms. The standard InChI is InChI=1S/C17H21N3/c18-16(10-9-14-7-1-2-11-19-14)15-8-3-5-13-6-4-12-20-17(13)15/h1-2,4,6-7,11-12,15-16H,3,5,8-10,18H2. The van der Waals surface area contributed by atoms with E-state index in [2.05, 4.69) is 22.1 Å². The van der Waals surface area contributed by atoms with Crippen molar-refractivity contribution in [2.24, 2.45) is 5.73 Å². The van der Waals surface area contributed by atoms with Crippen LogP contribution in [0.3, 0.4) is 0 Å². The lowest BCUT2D eigenvalue weighted by Crippen LogP contribution is -2.32. The average Bonchev–Trinajstić information content (AvgIpc) is 2.53. The molecular weight excluding hydrogens is 246 g/mol. The largest absolute Gasteiger partial charge is 0.327 e. The van der Waals surface area contributed by atoms with Crippen LogP contribution in [0.25, 0.3) is 0 Å². The lowest BCUT2D eigenvalue weighted by atomic mass is 9.81. The summed E-state index contributed by atoms with van der Waals surface area (Å²) in [4.78, 5) is 8.95. The summed E-state index contributed by atoms with van der Waals surface area (Å²) in [6.07, 6.45) is 9.18. The van der Waals surface area contributed by atoms with E-state index in [1.54, 1.807) is 0 Å². The minimum absolute atomic E-state index is 0.172. The summed E-state index contributed by atoms with van der Waals surface area (Å²) in [5.41, 5.74) is 10.2. The first kappa shape index (κ1) is 13.3. The van der Waals surface area contributed by atoms with Gasteiger partial charge in [0.25, 0.3) is 0 Å². The van der Waals surface area contributed by atoms with Crippen LogP contribution in [0, 0.1) is 0 Å². The molecule has 0 radical (unpaired) electrons. The monoisotopic (exact) mass is 267 g/mol. The van der Waals surface area contributed by atoms with Gasteiger partial charge >= 0.3 is 0 Å². The highest BCUT2D eigenvalue weighted by molar-refractivity contribution is 5.27. The third-order valence-electron chi connectivity index (χ3n) is 4.22. The molecule has 0 aliphatic heterocycles. The molecule has 0 saturated carbocycles. The molecular formula is C17H21N3. The molecule has 2 atom stereocenters. The van der Waals surface area contributed by atoms with E-state index in [4.69, 9.17) is 5.73 Å². The zero-order valence-corrected chi connectivity index (χ0v) is 11.7. The molecule has 2 unspecified atom stereocenters. The van der Waals surface area contributed by atoms with Gasteiger partial charge in [0.05, 0.1) is 0 Å². The van der Waals surface area contributed by atoms with Crippen LogP contribution in [-0.2, 0) is 12.8 Å². The second-order valence-electron chi connectivity index (χ2n) is 5.57. The third kappa shape index (κ3) is 2.88. The Morgan fingerprint density at radius 2 is 2.05 bits per heavy atom. The molecule has 0 aromatic carbocycles. The van der Waals surface area contributed by atoms with Crippen LogP contribution in [0.2, 0.25) is 0 Å². The molecule has 3 rings (SSSR count). The number of hydrogen-bond donors (Lipinski definition) is 1. The quantitative estimate of drug-likeness (QED) is 0.926. The molecule has 2 aromatic heterocycles. The van der Waals surface area contributed by atoms with Crippen molar-refractivity contribution in [3.8, 4) is 0 Å². The van der Waals surface area contributed by atoms with Gasteiger partial charge < -0.3 is 5.73 Å². The van der Waals surface area contributed by atoms with E-state index in [0.717, 1.165) is 31.4 Å². The summed E-state index contributed by atoms with van der Waals surface area (Å²) in [5.74, 6) is 0.406. The molecule has 3 heteroatoms. The first-order chi connectivity index (χ1) is 9.84. The Bertz CT molecular complexity index is 553. The SMILES string of the molecule is NC(CCc1ccccn1)C1CCCc2cccnc21. The fourth-order valence-electron chi connectivity index (χ4n) is 3.12. The molecule has 3 nitrogen and oxygen atoms in total. The summed E-state index contributed by atoms with van der Waals surface area (Å²) in [7, 11) is 0. The Labute approximate surface area is 120 Å². The van der Waals surface area contributed by atoms with Crippen molar-refractivity contribution in [2.75, 3.05) is 0 Å². The Hall–Kier alpha value is -1.74. The van der Waals surface area contributed by atoms with E-state index >= 15 is 0 Å².